The predicted molar refractivity (Wildman–Crippen MR) is 70.1 cm³/mol. The number of benzene rings is 1. The highest BCUT2D eigenvalue weighted by molar-refractivity contribution is 5.88. The van der Waals surface area contributed by atoms with Crippen LogP contribution in [0.4, 0.5) is 0 Å². The van der Waals surface area contributed by atoms with Crippen LogP contribution in [-0.4, -0.2) is 23.0 Å². The van der Waals surface area contributed by atoms with Crippen LogP contribution >= 0.6 is 0 Å². The molecule has 1 aromatic carbocycles. The summed E-state index contributed by atoms with van der Waals surface area (Å²) in [5.74, 6) is 0.664. The van der Waals surface area contributed by atoms with Crippen molar-refractivity contribution in [1.82, 2.24) is 9.88 Å². The Balaban J connectivity index is 1.98. The number of rotatable bonds is 0. The number of allylic oxidation sites excluding steroid dienone is 1. The number of hydrogen-bond donors (Lipinski definition) is 1. The molecule has 0 amide bonds. The predicted octanol–water partition coefficient (Wildman–Crippen LogP) is 3.03. The Hall–Kier alpha value is -1.70. The number of aromatic amines is 1. The topological polar surface area (TPSA) is 19.0 Å². The lowest BCUT2D eigenvalue weighted by molar-refractivity contribution is 0.260. The number of nitrogens with zero attached hydrogens (tertiary/aromatic N) is 1. The lowest BCUT2D eigenvalue weighted by Crippen LogP contribution is -2.39. The van der Waals surface area contributed by atoms with Crippen molar-refractivity contribution >= 4 is 10.9 Å². The Morgan fingerprint density at radius 1 is 1.35 bits per heavy atom. The summed E-state index contributed by atoms with van der Waals surface area (Å²) >= 11 is 0. The lowest BCUT2D eigenvalue weighted by atomic mass is 9.77. The number of H-pyrrole nitrogens is 1. The maximum Gasteiger partial charge on any atom is 0.0459 e. The molecule has 0 bridgehead atoms. The van der Waals surface area contributed by atoms with E-state index in [2.05, 4.69) is 53.6 Å². The molecule has 0 spiro atoms. The summed E-state index contributed by atoms with van der Waals surface area (Å²) < 4.78 is 0. The lowest BCUT2D eigenvalue weighted by Gasteiger charge is -2.40. The molecule has 2 atom stereocenters. The Bertz CT molecular complexity index is 608. The molecule has 2 nitrogen and oxygen atoms in total. The van der Waals surface area contributed by atoms with Gasteiger partial charge in [-0.3, -0.25) is 0 Å². The standard InChI is InChI=1S/C15H16N2/c1-17-7-3-5-11-12-4-2-6-13-15(12)10(9-16-13)8-14(11)17/h2-4,6-7,9,11,14,16H,5,8H2,1H3/t11?,14-/m1/s1. The van der Waals surface area contributed by atoms with Crippen molar-refractivity contribution in [3.05, 3.63) is 47.8 Å². The van der Waals surface area contributed by atoms with Gasteiger partial charge in [-0.2, -0.15) is 0 Å². The van der Waals surface area contributed by atoms with E-state index in [-0.39, 0.29) is 0 Å². The van der Waals surface area contributed by atoms with E-state index in [9.17, 15) is 0 Å². The second-order valence-electron chi connectivity index (χ2n) is 5.25. The van der Waals surface area contributed by atoms with Gasteiger partial charge in [-0.1, -0.05) is 18.2 Å². The van der Waals surface area contributed by atoms with Crippen LogP contribution in [0.5, 0.6) is 0 Å². The number of hydrogen-bond acceptors (Lipinski definition) is 1. The maximum absolute atomic E-state index is 3.41. The van der Waals surface area contributed by atoms with Crippen molar-refractivity contribution < 1.29 is 0 Å². The number of likely N-dealkylation sites (N-methyl/N-ethyl adjacent to an activating group) is 1. The zero-order valence-corrected chi connectivity index (χ0v) is 9.98. The van der Waals surface area contributed by atoms with Gasteiger partial charge in [-0.05, 0) is 36.2 Å². The Morgan fingerprint density at radius 3 is 3.24 bits per heavy atom. The smallest absolute Gasteiger partial charge is 0.0459 e. The first kappa shape index (κ1) is 9.34. The molecule has 1 aliphatic carbocycles. The molecule has 2 heterocycles. The third-order valence-corrected chi connectivity index (χ3v) is 4.37. The first-order valence-electron chi connectivity index (χ1n) is 6.32. The molecule has 4 rings (SSSR count). The van der Waals surface area contributed by atoms with Crippen LogP contribution in [0.3, 0.4) is 0 Å². The monoisotopic (exact) mass is 224 g/mol. The second kappa shape index (κ2) is 3.16. The first-order chi connectivity index (χ1) is 8.34. The summed E-state index contributed by atoms with van der Waals surface area (Å²) in [6.07, 6.45) is 9.08. The summed E-state index contributed by atoms with van der Waals surface area (Å²) in [5.41, 5.74) is 4.32. The van der Waals surface area contributed by atoms with E-state index < -0.39 is 0 Å². The number of fused-ring (bicyclic) bond motifs is 2. The Kier molecular flexibility index (Phi) is 1.74. The molecule has 1 aromatic heterocycles. The van der Waals surface area contributed by atoms with Gasteiger partial charge in [0.1, 0.15) is 0 Å². The van der Waals surface area contributed by atoms with E-state index in [0.29, 0.717) is 12.0 Å². The van der Waals surface area contributed by atoms with Crippen molar-refractivity contribution in [2.24, 2.45) is 0 Å². The van der Waals surface area contributed by atoms with E-state index in [1.54, 1.807) is 0 Å². The Labute approximate surface area is 101 Å². The molecule has 1 N–H and O–H groups in total. The molecule has 17 heavy (non-hydrogen) atoms. The fourth-order valence-corrected chi connectivity index (χ4v) is 3.53. The molecule has 0 saturated carbocycles. The van der Waals surface area contributed by atoms with Gasteiger partial charge in [-0.15, -0.1) is 0 Å². The third kappa shape index (κ3) is 1.15. The largest absolute Gasteiger partial charge is 0.377 e. The minimum Gasteiger partial charge on any atom is -0.377 e. The minimum atomic E-state index is 0.633. The SMILES string of the molecule is CN1C=CCC2c3cccc4[nH]cc(c34)C[C@H]21. The van der Waals surface area contributed by atoms with Crippen LogP contribution in [0.1, 0.15) is 23.5 Å². The van der Waals surface area contributed by atoms with E-state index in [0.717, 1.165) is 0 Å². The van der Waals surface area contributed by atoms with Crippen LogP contribution in [-0.2, 0) is 6.42 Å². The van der Waals surface area contributed by atoms with E-state index in [1.807, 2.05) is 0 Å². The first-order valence-corrected chi connectivity index (χ1v) is 6.32. The van der Waals surface area contributed by atoms with Gasteiger partial charge in [0.15, 0.2) is 0 Å². The zero-order valence-electron chi connectivity index (χ0n) is 9.98. The van der Waals surface area contributed by atoms with Gasteiger partial charge in [0.2, 0.25) is 0 Å². The van der Waals surface area contributed by atoms with Gasteiger partial charge < -0.3 is 9.88 Å². The van der Waals surface area contributed by atoms with Crippen molar-refractivity contribution in [2.75, 3.05) is 7.05 Å². The highest BCUT2D eigenvalue weighted by atomic mass is 15.1. The summed E-state index contributed by atoms with van der Waals surface area (Å²) in [7, 11) is 2.20. The van der Waals surface area contributed by atoms with Crippen LogP contribution in [0.2, 0.25) is 0 Å². The molecule has 2 aliphatic rings. The molecule has 86 valence electrons. The van der Waals surface area contributed by atoms with Gasteiger partial charge in [0, 0.05) is 36.1 Å². The average molecular weight is 224 g/mol. The fraction of sp³-hybridized carbons (Fsp3) is 0.333. The third-order valence-electron chi connectivity index (χ3n) is 4.37. The molecular formula is C15H16N2. The van der Waals surface area contributed by atoms with Gasteiger partial charge in [0.25, 0.3) is 0 Å². The molecule has 0 radical (unpaired) electrons. The summed E-state index contributed by atoms with van der Waals surface area (Å²) in [6.45, 7) is 0. The number of aromatic nitrogens is 1. The maximum atomic E-state index is 3.41. The normalized spacial score (nSPS) is 26.3. The van der Waals surface area contributed by atoms with Gasteiger partial charge in [-0.25, -0.2) is 0 Å². The molecule has 2 heteroatoms. The van der Waals surface area contributed by atoms with E-state index in [1.165, 1.54) is 34.9 Å². The van der Waals surface area contributed by atoms with Crippen LogP contribution in [0.15, 0.2) is 36.7 Å². The van der Waals surface area contributed by atoms with Crippen molar-refractivity contribution in [3.8, 4) is 0 Å². The minimum absolute atomic E-state index is 0.633. The molecule has 1 unspecified atom stereocenters. The zero-order chi connectivity index (χ0) is 11.4. The molecule has 1 aliphatic heterocycles. The summed E-state index contributed by atoms with van der Waals surface area (Å²) in [6, 6.07) is 7.31. The van der Waals surface area contributed by atoms with Crippen LogP contribution in [0.25, 0.3) is 10.9 Å². The van der Waals surface area contributed by atoms with Crippen molar-refractivity contribution in [2.45, 2.75) is 24.8 Å². The van der Waals surface area contributed by atoms with Crippen molar-refractivity contribution in [1.29, 1.82) is 0 Å². The van der Waals surface area contributed by atoms with Crippen molar-refractivity contribution in [3.63, 3.8) is 0 Å². The summed E-state index contributed by atoms with van der Waals surface area (Å²) in [4.78, 5) is 5.78. The fourth-order valence-electron chi connectivity index (χ4n) is 3.53. The molecular weight excluding hydrogens is 208 g/mol. The van der Waals surface area contributed by atoms with E-state index in [4.69, 9.17) is 0 Å². The summed E-state index contributed by atoms with van der Waals surface area (Å²) in [5, 5.41) is 1.48. The molecule has 0 saturated heterocycles. The number of nitrogens with one attached hydrogen (secondary N) is 1. The van der Waals surface area contributed by atoms with Gasteiger partial charge in [0.05, 0.1) is 0 Å². The molecule has 2 aromatic rings. The Morgan fingerprint density at radius 2 is 2.29 bits per heavy atom. The van der Waals surface area contributed by atoms with Crippen LogP contribution in [0, 0.1) is 0 Å². The second-order valence-corrected chi connectivity index (χ2v) is 5.25. The highest BCUT2D eigenvalue weighted by Crippen LogP contribution is 2.41. The van der Waals surface area contributed by atoms with E-state index >= 15 is 0 Å². The van der Waals surface area contributed by atoms with Gasteiger partial charge >= 0.3 is 0 Å². The molecule has 0 fully saturated rings. The quantitative estimate of drug-likeness (QED) is 0.728. The van der Waals surface area contributed by atoms with Crippen LogP contribution < -0.4 is 0 Å². The average Bonchev–Trinajstić information content (AvgIpc) is 2.76. The highest BCUT2D eigenvalue weighted by Gasteiger charge is 2.33.